The van der Waals surface area contributed by atoms with E-state index in [1.54, 1.807) is 6.92 Å². The van der Waals surface area contributed by atoms with E-state index >= 15 is 0 Å². The van der Waals surface area contributed by atoms with Crippen molar-refractivity contribution in [2.24, 2.45) is 0 Å². The summed E-state index contributed by atoms with van der Waals surface area (Å²) in [6.45, 7) is 1.34. The molecule has 2 aromatic rings. The third-order valence-electron chi connectivity index (χ3n) is 5.06. The number of nitrogens with one attached hydrogen (secondary N) is 2. The highest BCUT2D eigenvalue weighted by Crippen LogP contribution is 2.43. The van der Waals surface area contributed by atoms with Crippen molar-refractivity contribution in [1.29, 1.82) is 0 Å². The Labute approximate surface area is 185 Å². The number of nitrogens with zero attached hydrogens (tertiary/aromatic N) is 3. The Morgan fingerprint density at radius 1 is 1.21 bits per heavy atom. The molecule has 8 nitrogen and oxygen atoms in total. The summed E-state index contributed by atoms with van der Waals surface area (Å²) in [4.78, 5) is 21.5. The molecule has 1 fully saturated rings. The van der Waals surface area contributed by atoms with Crippen LogP contribution in [0.25, 0.3) is 0 Å². The summed E-state index contributed by atoms with van der Waals surface area (Å²) < 4.78 is 77.9. The maximum absolute atomic E-state index is 13.6. The second-order valence-corrected chi connectivity index (χ2v) is 7.46. The quantitative estimate of drug-likeness (QED) is 0.637. The number of amides is 1. The lowest BCUT2D eigenvalue weighted by atomic mass is 10.1. The molecule has 0 aliphatic carbocycles. The van der Waals surface area contributed by atoms with Crippen molar-refractivity contribution in [2.75, 3.05) is 43.5 Å². The number of carbonyl (C=O) groups is 1. The molecule has 1 amide bonds. The zero-order valence-electron chi connectivity index (χ0n) is 17.4. The Balaban J connectivity index is 1.65. The van der Waals surface area contributed by atoms with E-state index in [9.17, 15) is 26.7 Å². The topological polar surface area (TPSA) is 88.6 Å². The van der Waals surface area contributed by atoms with Gasteiger partial charge in [-0.3, -0.25) is 4.79 Å². The number of halogens is 5. The average Bonchev–Trinajstić information content (AvgIpc) is 3.13. The van der Waals surface area contributed by atoms with Crippen LogP contribution < -0.4 is 20.1 Å². The van der Waals surface area contributed by atoms with Gasteiger partial charge in [0.15, 0.2) is 11.5 Å². The number of hydrogen-bond acceptors (Lipinski definition) is 7. The predicted octanol–water partition coefficient (Wildman–Crippen LogP) is 3.92. The minimum absolute atomic E-state index is 0.0506. The normalized spacial score (nSPS) is 17.1. The molecule has 0 saturated carbocycles. The van der Waals surface area contributed by atoms with Gasteiger partial charge >= 0.3 is 6.18 Å². The number of rotatable bonds is 5. The fraction of sp³-hybridized carbons (Fsp3) is 0.450. The average molecular weight is 473 g/mol. The second-order valence-electron chi connectivity index (χ2n) is 7.46. The van der Waals surface area contributed by atoms with Gasteiger partial charge in [0.25, 0.3) is 11.8 Å². The first-order chi connectivity index (χ1) is 15.6. The number of anilines is 3. The Hall–Kier alpha value is -3.38. The lowest BCUT2D eigenvalue weighted by Crippen LogP contribution is -2.32. The fourth-order valence-corrected chi connectivity index (χ4v) is 3.56. The van der Waals surface area contributed by atoms with Gasteiger partial charge in [-0.1, -0.05) is 0 Å². The lowest BCUT2D eigenvalue weighted by Gasteiger charge is -2.25. The van der Waals surface area contributed by atoms with Gasteiger partial charge in [0.1, 0.15) is 24.6 Å². The summed E-state index contributed by atoms with van der Waals surface area (Å²) in [5.41, 5.74) is -0.718. The first kappa shape index (κ1) is 22.8. The standard InChI is InChI=1S/C20H20F5N5O3/c1-2-26-16-12(20(23,24)25)9-27-18(29-16)28-13-4-3-11(14-15(13)33-8-7-32-14)17(31)30-6-5-19(21,22)10-30/h3-4,9H,2,5-8,10H2,1H3,(H2,26,27,28,29). The van der Waals surface area contributed by atoms with Crippen molar-refractivity contribution in [2.45, 2.75) is 25.4 Å². The molecule has 2 aliphatic heterocycles. The Bertz CT molecular complexity index is 1060. The minimum atomic E-state index is -4.64. The maximum Gasteiger partial charge on any atom is 0.421 e. The van der Waals surface area contributed by atoms with E-state index in [4.69, 9.17) is 9.47 Å². The Morgan fingerprint density at radius 2 is 1.94 bits per heavy atom. The van der Waals surface area contributed by atoms with E-state index in [1.165, 1.54) is 12.1 Å². The molecule has 178 valence electrons. The van der Waals surface area contributed by atoms with Gasteiger partial charge in [0, 0.05) is 25.7 Å². The third kappa shape index (κ3) is 4.71. The number of ether oxygens (including phenoxy) is 2. The number of carbonyl (C=O) groups excluding carboxylic acids is 1. The first-order valence-corrected chi connectivity index (χ1v) is 10.1. The van der Waals surface area contributed by atoms with Crippen molar-refractivity contribution in [3.8, 4) is 11.5 Å². The summed E-state index contributed by atoms with van der Waals surface area (Å²) >= 11 is 0. The molecule has 33 heavy (non-hydrogen) atoms. The molecule has 1 aromatic carbocycles. The molecule has 1 aromatic heterocycles. The summed E-state index contributed by atoms with van der Waals surface area (Å²) in [6.07, 6.45) is -4.40. The monoisotopic (exact) mass is 473 g/mol. The van der Waals surface area contributed by atoms with Crippen LogP contribution in [0.5, 0.6) is 11.5 Å². The molecular formula is C20H20F5N5O3. The van der Waals surface area contributed by atoms with Crippen LogP contribution in [0.2, 0.25) is 0 Å². The molecule has 3 heterocycles. The van der Waals surface area contributed by atoms with Crippen molar-refractivity contribution < 1.29 is 36.2 Å². The largest absolute Gasteiger partial charge is 0.485 e. The third-order valence-corrected chi connectivity index (χ3v) is 5.06. The van der Waals surface area contributed by atoms with E-state index in [2.05, 4.69) is 20.6 Å². The smallest absolute Gasteiger partial charge is 0.421 e. The van der Waals surface area contributed by atoms with Crippen LogP contribution in [0, 0.1) is 0 Å². The maximum atomic E-state index is 13.6. The fourth-order valence-electron chi connectivity index (χ4n) is 3.56. The number of alkyl halides is 5. The van der Waals surface area contributed by atoms with Crippen LogP contribution in [-0.2, 0) is 6.18 Å². The van der Waals surface area contributed by atoms with Crippen molar-refractivity contribution >= 4 is 23.4 Å². The molecule has 13 heteroatoms. The number of benzene rings is 1. The van der Waals surface area contributed by atoms with Crippen LogP contribution in [0.15, 0.2) is 18.3 Å². The van der Waals surface area contributed by atoms with E-state index in [1.807, 2.05) is 0 Å². The van der Waals surface area contributed by atoms with Crippen molar-refractivity contribution in [3.63, 3.8) is 0 Å². The predicted molar refractivity (Wildman–Crippen MR) is 107 cm³/mol. The molecule has 0 bridgehead atoms. The number of hydrogen-bond donors (Lipinski definition) is 2. The van der Waals surface area contributed by atoms with Gasteiger partial charge in [0.2, 0.25) is 5.95 Å². The van der Waals surface area contributed by atoms with Crippen molar-refractivity contribution in [1.82, 2.24) is 14.9 Å². The van der Waals surface area contributed by atoms with Crippen molar-refractivity contribution in [3.05, 3.63) is 29.5 Å². The molecule has 1 saturated heterocycles. The second kappa shape index (κ2) is 8.52. The Kier molecular flexibility index (Phi) is 5.89. The summed E-state index contributed by atoms with van der Waals surface area (Å²) in [7, 11) is 0. The van der Waals surface area contributed by atoms with Crippen LogP contribution >= 0.6 is 0 Å². The molecule has 2 N–H and O–H groups in total. The highest BCUT2D eigenvalue weighted by molar-refractivity contribution is 5.99. The van der Waals surface area contributed by atoms with Crippen LogP contribution in [0.3, 0.4) is 0 Å². The number of fused-ring (bicyclic) bond motifs is 1. The first-order valence-electron chi connectivity index (χ1n) is 10.1. The minimum Gasteiger partial charge on any atom is -0.485 e. The molecule has 0 spiro atoms. The molecule has 2 aliphatic rings. The van der Waals surface area contributed by atoms with Gasteiger partial charge in [-0.25, -0.2) is 13.8 Å². The van der Waals surface area contributed by atoms with Crippen LogP contribution in [0.1, 0.15) is 29.3 Å². The zero-order chi connectivity index (χ0) is 23.8. The highest BCUT2D eigenvalue weighted by Gasteiger charge is 2.41. The highest BCUT2D eigenvalue weighted by atomic mass is 19.4. The zero-order valence-corrected chi connectivity index (χ0v) is 17.4. The van der Waals surface area contributed by atoms with Gasteiger partial charge in [0.05, 0.1) is 17.8 Å². The Morgan fingerprint density at radius 3 is 2.58 bits per heavy atom. The summed E-state index contributed by atoms with van der Waals surface area (Å²) in [5, 5.41) is 5.33. The van der Waals surface area contributed by atoms with E-state index in [0.717, 1.165) is 4.90 Å². The molecule has 0 radical (unpaired) electrons. The molecule has 0 atom stereocenters. The lowest BCUT2D eigenvalue weighted by molar-refractivity contribution is -0.137. The van der Waals surface area contributed by atoms with E-state index in [0.29, 0.717) is 6.20 Å². The van der Waals surface area contributed by atoms with Crippen LogP contribution in [0.4, 0.5) is 39.4 Å². The molecule has 0 unspecified atom stereocenters. The van der Waals surface area contributed by atoms with Gasteiger partial charge in [-0.15, -0.1) is 0 Å². The summed E-state index contributed by atoms with van der Waals surface area (Å²) in [5.74, 6) is -3.93. The van der Waals surface area contributed by atoms with E-state index < -0.39 is 42.4 Å². The SMILES string of the molecule is CCNc1nc(Nc2ccc(C(=O)N3CCC(F)(F)C3)c3c2OCCO3)ncc1C(F)(F)F. The molecule has 4 rings (SSSR count). The number of likely N-dealkylation sites (tertiary alicyclic amines) is 1. The molecular weight excluding hydrogens is 453 g/mol. The van der Waals surface area contributed by atoms with E-state index in [-0.39, 0.29) is 55.0 Å². The van der Waals surface area contributed by atoms with Gasteiger partial charge < -0.3 is 25.0 Å². The van der Waals surface area contributed by atoms with Crippen LogP contribution in [-0.4, -0.2) is 59.5 Å². The summed E-state index contributed by atoms with van der Waals surface area (Å²) in [6, 6.07) is 2.81. The van der Waals surface area contributed by atoms with Gasteiger partial charge in [-0.05, 0) is 19.1 Å². The van der Waals surface area contributed by atoms with Gasteiger partial charge in [-0.2, -0.15) is 18.2 Å². The number of aromatic nitrogens is 2.